The van der Waals surface area contributed by atoms with E-state index in [4.69, 9.17) is 0 Å². The van der Waals surface area contributed by atoms with Gasteiger partial charge in [-0.15, -0.1) is 0 Å². The molecular formula is C20H40N2S. The monoisotopic (exact) mass is 340 g/mol. The van der Waals surface area contributed by atoms with Crippen molar-refractivity contribution >= 4 is 13.5 Å². The van der Waals surface area contributed by atoms with Crippen LogP contribution in [0.4, 0.5) is 0 Å². The van der Waals surface area contributed by atoms with Gasteiger partial charge in [-0.3, -0.25) is 0 Å². The van der Waals surface area contributed by atoms with Crippen LogP contribution in [0.25, 0.3) is 0 Å². The van der Waals surface area contributed by atoms with Gasteiger partial charge >= 0.3 is 0 Å². The summed E-state index contributed by atoms with van der Waals surface area (Å²) in [4.78, 5) is 0. The molecule has 0 amide bonds. The van der Waals surface area contributed by atoms with Crippen molar-refractivity contribution in [3.63, 3.8) is 0 Å². The Morgan fingerprint density at radius 3 is 2.09 bits per heavy atom. The predicted molar refractivity (Wildman–Crippen MR) is 105 cm³/mol. The van der Waals surface area contributed by atoms with Crippen molar-refractivity contribution in [3.8, 4) is 0 Å². The largest absolute Gasteiger partial charge is 0.313 e. The molecule has 0 saturated heterocycles. The van der Waals surface area contributed by atoms with Crippen molar-refractivity contribution < 1.29 is 0 Å². The number of hydrogen-bond acceptors (Lipinski definition) is 2. The van der Waals surface area contributed by atoms with Crippen LogP contribution in [0.5, 0.6) is 0 Å². The van der Waals surface area contributed by atoms with E-state index in [9.17, 15) is 0 Å². The van der Waals surface area contributed by atoms with Crippen molar-refractivity contribution in [2.24, 2.45) is 23.2 Å². The summed E-state index contributed by atoms with van der Waals surface area (Å²) in [7, 11) is 0. The fraction of sp³-hybridized carbons (Fsp3) is 1.00. The van der Waals surface area contributed by atoms with E-state index in [0.29, 0.717) is 5.41 Å². The second-order valence-corrected chi connectivity index (χ2v) is 9.01. The third-order valence-corrected chi connectivity index (χ3v) is 7.42. The van der Waals surface area contributed by atoms with Gasteiger partial charge in [0.1, 0.15) is 0 Å². The van der Waals surface area contributed by atoms with Gasteiger partial charge in [-0.25, -0.2) is 0 Å². The van der Waals surface area contributed by atoms with Crippen molar-refractivity contribution in [1.82, 2.24) is 10.6 Å². The zero-order valence-electron chi connectivity index (χ0n) is 15.7. The maximum atomic E-state index is 3.88. The second-order valence-electron chi connectivity index (χ2n) is 9.01. The molecule has 0 heterocycles. The summed E-state index contributed by atoms with van der Waals surface area (Å²) in [6.07, 6.45) is 12.9. The average molecular weight is 341 g/mol. The molecule has 0 aromatic carbocycles. The first-order valence-electron chi connectivity index (χ1n) is 10.1. The molecule has 4 aliphatic carbocycles. The Hall–Kier alpha value is 0.270. The molecule has 4 saturated carbocycles. The molecule has 4 aliphatic rings. The van der Waals surface area contributed by atoms with Gasteiger partial charge < -0.3 is 10.6 Å². The fourth-order valence-corrected chi connectivity index (χ4v) is 5.61. The minimum atomic E-state index is 0. The van der Waals surface area contributed by atoms with Crippen molar-refractivity contribution in [3.05, 3.63) is 0 Å². The van der Waals surface area contributed by atoms with Gasteiger partial charge in [0.2, 0.25) is 0 Å². The van der Waals surface area contributed by atoms with Gasteiger partial charge in [0.15, 0.2) is 0 Å². The van der Waals surface area contributed by atoms with Crippen LogP contribution in [0.2, 0.25) is 0 Å². The second kappa shape index (κ2) is 8.58. The first kappa shape index (κ1) is 19.6. The highest BCUT2D eigenvalue weighted by atomic mass is 32.1. The summed E-state index contributed by atoms with van der Waals surface area (Å²) in [6, 6.07) is 1.56. The van der Waals surface area contributed by atoms with Gasteiger partial charge in [-0.2, -0.15) is 13.5 Å². The molecule has 136 valence electrons. The Morgan fingerprint density at radius 1 is 0.870 bits per heavy atom. The molecule has 0 aliphatic heterocycles. The SMILES string of the molecule is C[C@@H]1C2C[C@@H](C[C@H]1NCCNC1CCCCCCC1)C2(C)C.S. The number of fused-ring (bicyclic) bond motifs is 2. The Kier molecular flexibility index (Phi) is 7.31. The van der Waals surface area contributed by atoms with E-state index in [1.165, 1.54) is 57.8 Å². The van der Waals surface area contributed by atoms with Crippen LogP contribution in [0.3, 0.4) is 0 Å². The highest BCUT2D eigenvalue weighted by Gasteiger charge is 2.55. The molecule has 0 aromatic rings. The molecule has 0 radical (unpaired) electrons. The Morgan fingerprint density at radius 2 is 1.48 bits per heavy atom. The zero-order valence-corrected chi connectivity index (χ0v) is 16.7. The number of hydrogen-bond donors (Lipinski definition) is 2. The first-order chi connectivity index (χ1) is 10.6. The zero-order chi connectivity index (χ0) is 15.6. The Bertz CT molecular complexity index is 350. The van der Waals surface area contributed by atoms with E-state index in [0.717, 1.165) is 42.9 Å². The van der Waals surface area contributed by atoms with Crippen LogP contribution in [0.15, 0.2) is 0 Å². The van der Waals surface area contributed by atoms with Crippen LogP contribution in [0.1, 0.15) is 78.6 Å². The van der Waals surface area contributed by atoms with Crippen LogP contribution in [-0.2, 0) is 0 Å². The minimum absolute atomic E-state index is 0. The number of rotatable bonds is 5. The topological polar surface area (TPSA) is 24.1 Å². The van der Waals surface area contributed by atoms with Crippen molar-refractivity contribution in [2.75, 3.05) is 13.1 Å². The van der Waals surface area contributed by atoms with Gasteiger partial charge in [0, 0.05) is 25.2 Å². The lowest BCUT2D eigenvalue weighted by molar-refractivity contribution is -0.114. The van der Waals surface area contributed by atoms with E-state index in [1.54, 1.807) is 0 Å². The standard InChI is InChI=1S/C20H38N2.H2S/c1-15-18-13-16(20(18,2)3)14-19(15)22-12-11-21-17-9-7-5-4-6-8-10-17;/h15-19,21-22H,4-14H2,1-3H3;1H2/t15-,16+,18?,19-;/m1./s1. The maximum Gasteiger partial charge on any atom is 0.00989 e. The van der Waals surface area contributed by atoms with Crippen LogP contribution >= 0.6 is 13.5 Å². The van der Waals surface area contributed by atoms with Crippen LogP contribution in [0, 0.1) is 23.2 Å². The summed E-state index contributed by atoms with van der Waals surface area (Å²) in [5.74, 6) is 2.80. The highest BCUT2D eigenvalue weighted by Crippen LogP contribution is 2.61. The van der Waals surface area contributed by atoms with Gasteiger partial charge in [-0.1, -0.05) is 52.9 Å². The molecule has 4 rings (SSSR count). The maximum absolute atomic E-state index is 3.88. The van der Waals surface area contributed by atoms with Crippen molar-refractivity contribution in [2.45, 2.75) is 90.6 Å². The first-order valence-corrected chi connectivity index (χ1v) is 10.1. The summed E-state index contributed by atoms with van der Waals surface area (Å²) in [5.41, 5.74) is 0.620. The molecule has 2 N–H and O–H groups in total. The fourth-order valence-electron chi connectivity index (χ4n) is 5.61. The van der Waals surface area contributed by atoms with Crippen LogP contribution < -0.4 is 10.6 Å². The van der Waals surface area contributed by atoms with E-state index < -0.39 is 0 Å². The summed E-state index contributed by atoms with van der Waals surface area (Å²) >= 11 is 0. The molecule has 0 spiro atoms. The Labute approximate surface area is 151 Å². The smallest absolute Gasteiger partial charge is 0.00989 e. The molecule has 4 fully saturated rings. The van der Waals surface area contributed by atoms with Crippen LogP contribution in [-0.4, -0.2) is 25.2 Å². The third kappa shape index (κ3) is 4.46. The van der Waals surface area contributed by atoms with E-state index in [-0.39, 0.29) is 13.5 Å². The normalized spacial score (nSPS) is 37.2. The van der Waals surface area contributed by atoms with E-state index in [1.807, 2.05) is 0 Å². The minimum Gasteiger partial charge on any atom is -0.313 e. The Balaban J connectivity index is 0.00000192. The highest BCUT2D eigenvalue weighted by molar-refractivity contribution is 7.59. The molecule has 4 atom stereocenters. The van der Waals surface area contributed by atoms with Gasteiger partial charge in [-0.05, 0) is 48.9 Å². The molecule has 2 bridgehead atoms. The summed E-state index contributed by atoms with van der Waals surface area (Å²) in [5, 5.41) is 7.69. The lowest BCUT2D eigenvalue weighted by atomic mass is 9.45. The lowest BCUT2D eigenvalue weighted by Gasteiger charge is -2.62. The third-order valence-electron chi connectivity index (χ3n) is 7.42. The quantitative estimate of drug-likeness (QED) is 0.722. The predicted octanol–water partition coefficient (Wildman–Crippen LogP) is 4.46. The molecule has 2 nitrogen and oxygen atoms in total. The number of nitrogens with one attached hydrogen (secondary N) is 2. The molecule has 1 unspecified atom stereocenters. The molecule has 3 heteroatoms. The van der Waals surface area contributed by atoms with Crippen molar-refractivity contribution in [1.29, 1.82) is 0 Å². The van der Waals surface area contributed by atoms with Gasteiger partial charge in [0.25, 0.3) is 0 Å². The molecule has 0 aromatic heterocycles. The summed E-state index contributed by atoms with van der Waals surface area (Å²) in [6.45, 7) is 9.79. The van der Waals surface area contributed by atoms with E-state index >= 15 is 0 Å². The average Bonchev–Trinajstić information content (AvgIpc) is 2.46. The molecule has 23 heavy (non-hydrogen) atoms. The van der Waals surface area contributed by atoms with Gasteiger partial charge in [0.05, 0.1) is 0 Å². The lowest BCUT2D eigenvalue weighted by Crippen LogP contribution is -2.60. The summed E-state index contributed by atoms with van der Waals surface area (Å²) < 4.78 is 0. The van der Waals surface area contributed by atoms with E-state index in [2.05, 4.69) is 31.4 Å². The molecular weight excluding hydrogens is 300 g/mol.